The summed E-state index contributed by atoms with van der Waals surface area (Å²) >= 11 is 0. The highest BCUT2D eigenvalue weighted by molar-refractivity contribution is 5.34. The Kier molecular flexibility index (Phi) is 1.37. The van der Waals surface area contributed by atoms with Crippen molar-refractivity contribution in [2.45, 2.75) is 26.7 Å². The predicted molar refractivity (Wildman–Crippen MR) is 52.3 cm³/mol. The number of aromatic amines is 2. The fourth-order valence-electron chi connectivity index (χ4n) is 2.10. The number of aryl methyl sites for hydroxylation is 2. The van der Waals surface area contributed by atoms with E-state index in [2.05, 4.69) is 19.9 Å². The molecule has 0 saturated heterocycles. The van der Waals surface area contributed by atoms with Gasteiger partial charge >= 0.3 is 0 Å². The first-order valence-corrected chi connectivity index (χ1v) is 4.81. The molecular formula is C10H12N4. The lowest BCUT2D eigenvalue weighted by Crippen LogP contribution is -2.06. The van der Waals surface area contributed by atoms with Crippen LogP contribution in [0, 0.1) is 13.8 Å². The van der Waals surface area contributed by atoms with Crippen LogP contribution in [0.4, 0.5) is 0 Å². The van der Waals surface area contributed by atoms with Gasteiger partial charge in [-0.05, 0) is 13.8 Å². The van der Waals surface area contributed by atoms with E-state index in [0.717, 1.165) is 35.9 Å². The third-order valence-electron chi connectivity index (χ3n) is 2.65. The molecule has 0 amide bonds. The number of imidazole rings is 2. The molecule has 0 saturated carbocycles. The first-order valence-electron chi connectivity index (χ1n) is 4.81. The number of nitrogens with one attached hydrogen (secondary N) is 2. The average Bonchev–Trinajstić information content (AvgIpc) is 2.59. The summed E-state index contributed by atoms with van der Waals surface area (Å²) in [7, 11) is 0. The zero-order chi connectivity index (χ0) is 9.71. The normalized spacial score (nSPS) is 13.9. The maximum Gasteiger partial charge on any atom is 0.103 e. The lowest BCUT2D eigenvalue weighted by Gasteiger charge is -2.08. The van der Waals surface area contributed by atoms with Gasteiger partial charge in [0.05, 0.1) is 11.4 Å². The molecule has 0 unspecified atom stereocenters. The van der Waals surface area contributed by atoms with Gasteiger partial charge in [0.25, 0.3) is 0 Å². The molecule has 2 aromatic heterocycles. The number of aromatic nitrogens is 4. The van der Waals surface area contributed by atoms with E-state index in [1.807, 2.05) is 13.8 Å². The fraction of sp³-hybridized carbons (Fsp3) is 0.400. The van der Waals surface area contributed by atoms with Gasteiger partial charge in [-0.2, -0.15) is 0 Å². The van der Waals surface area contributed by atoms with Crippen molar-refractivity contribution in [3.05, 3.63) is 34.4 Å². The number of rotatable bonds is 0. The van der Waals surface area contributed by atoms with Crippen LogP contribution in [-0.4, -0.2) is 19.9 Å². The topological polar surface area (TPSA) is 57.4 Å². The van der Waals surface area contributed by atoms with Crippen LogP contribution < -0.4 is 0 Å². The van der Waals surface area contributed by atoms with Gasteiger partial charge in [-0.25, -0.2) is 9.97 Å². The Bertz CT molecular complexity index is 407. The summed E-state index contributed by atoms with van der Waals surface area (Å²) in [5, 5.41) is 0. The monoisotopic (exact) mass is 188 g/mol. The van der Waals surface area contributed by atoms with Gasteiger partial charge in [-0.1, -0.05) is 0 Å². The van der Waals surface area contributed by atoms with Crippen molar-refractivity contribution in [3.8, 4) is 0 Å². The van der Waals surface area contributed by atoms with Gasteiger partial charge < -0.3 is 9.97 Å². The molecule has 0 bridgehead atoms. The zero-order valence-electron chi connectivity index (χ0n) is 8.31. The Morgan fingerprint density at radius 3 is 1.86 bits per heavy atom. The van der Waals surface area contributed by atoms with Gasteiger partial charge in [0.2, 0.25) is 0 Å². The molecule has 0 spiro atoms. The van der Waals surface area contributed by atoms with Crippen LogP contribution in [0.3, 0.4) is 0 Å². The smallest absolute Gasteiger partial charge is 0.103 e. The molecule has 14 heavy (non-hydrogen) atoms. The molecule has 0 radical (unpaired) electrons. The van der Waals surface area contributed by atoms with Gasteiger partial charge in [0.1, 0.15) is 11.6 Å². The SMILES string of the molecule is Cc1nc2c([nH]1)Cc1[nH]c(C)nc1C2. The lowest BCUT2D eigenvalue weighted by atomic mass is 10.0. The Hall–Kier alpha value is -1.58. The third-order valence-corrected chi connectivity index (χ3v) is 2.65. The number of hydrogen-bond acceptors (Lipinski definition) is 2. The van der Waals surface area contributed by atoms with E-state index in [0.29, 0.717) is 0 Å². The Labute approximate surface area is 81.8 Å². The third kappa shape index (κ3) is 0.999. The van der Waals surface area contributed by atoms with Crippen LogP contribution in [-0.2, 0) is 12.8 Å². The molecular weight excluding hydrogens is 176 g/mol. The molecule has 3 rings (SSSR count). The second kappa shape index (κ2) is 2.47. The summed E-state index contributed by atoms with van der Waals surface area (Å²) < 4.78 is 0. The summed E-state index contributed by atoms with van der Waals surface area (Å²) in [6.45, 7) is 3.98. The molecule has 1 aliphatic carbocycles. The predicted octanol–water partition coefficient (Wildman–Crippen LogP) is 1.24. The van der Waals surface area contributed by atoms with Gasteiger partial charge in [0, 0.05) is 24.2 Å². The summed E-state index contributed by atoms with van der Waals surface area (Å²) in [5.74, 6) is 1.99. The maximum absolute atomic E-state index is 4.45. The lowest BCUT2D eigenvalue weighted by molar-refractivity contribution is 0.911. The Morgan fingerprint density at radius 1 is 0.857 bits per heavy atom. The second-order valence-electron chi connectivity index (χ2n) is 3.85. The van der Waals surface area contributed by atoms with Crippen LogP contribution in [0.1, 0.15) is 34.4 Å². The highest BCUT2D eigenvalue weighted by atomic mass is 15.0. The first-order chi connectivity index (χ1) is 6.72. The van der Waals surface area contributed by atoms with Crippen molar-refractivity contribution in [3.63, 3.8) is 0 Å². The van der Waals surface area contributed by atoms with Gasteiger partial charge in [-0.3, -0.25) is 0 Å². The van der Waals surface area contributed by atoms with E-state index in [1.165, 1.54) is 11.4 Å². The molecule has 4 heteroatoms. The number of hydrogen-bond donors (Lipinski definition) is 2. The summed E-state index contributed by atoms with van der Waals surface area (Å²) in [5.41, 5.74) is 4.78. The van der Waals surface area contributed by atoms with Crippen molar-refractivity contribution >= 4 is 0 Å². The maximum atomic E-state index is 4.45. The van der Waals surface area contributed by atoms with E-state index in [1.54, 1.807) is 0 Å². The highest BCUT2D eigenvalue weighted by Gasteiger charge is 2.20. The fourth-order valence-corrected chi connectivity index (χ4v) is 2.10. The van der Waals surface area contributed by atoms with Gasteiger partial charge in [0.15, 0.2) is 0 Å². The van der Waals surface area contributed by atoms with Crippen molar-refractivity contribution < 1.29 is 0 Å². The molecule has 0 aliphatic heterocycles. The molecule has 72 valence electrons. The second-order valence-corrected chi connectivity index (χ2v) is 3.85. The molecule has 4 nitrogen and oxygen atoms in total. The van der Waals surface area contributed by atoms with Crippen LogP contribution in [0.15, 0.2) is 0 Å². The molecule has 0 aromatic carbocycles. The Morgan fingerprint density at radius 2 is 1.36 bits per heavy atom. The summed E-state index contributed by atoms with van der Waals surface area (Å²) in [6, 6.07) is 0. The van der Waals surface area contributed by atoms with Gasteiger partial charge in [-0.15, -0.1) is 0 Å². The molecule has 2 aromatic rings. The minimum atomic E-state index is 0.860. The minimum absolute atomic E-state index is 0.860. The standard InChI is InChI=1S/C10H12N4/c1-5-11-7-3-9-10(4-8(7)12-5)14-6(2)13-9/h3-4H2,1-2H3,(H,11,12)(H,13,14). The molecule has 2 heterocycles. The minimum Gasteiger partial charge on any atom is -0.346 e. The highest BCUT2D eigenvalue weighted by Crippen LogP contribution is 2.23. The summed E-state index contributed by atoms with van der Waals surface area (Å²) in [6.07, 6.45) is 1.77. The average molecular weight is 188 g/mol. The van der Waals surface area contributed by atoms with Crippen molar-refractivity contribution in [2.75, 3.05) is 0 Å². The molecule has 0 fully saturated rings. The van der Waals surface area contributed by atoms with Crippen LogP contribution >= 0.6 is 0 Å². The number of nitrogens with zero attached hydrogens (tertiary/aromatic N) is 2. The van der Waals surface area contributed by atoms with Crippen molar-refractivity contribution in [1.29, 1.82) is 0 Å². The van der Waals surface area contributed by atoms with Crippen LogP contribution in [0.25, 0.3) is 0 Å². The van der Waals surface area contributed by atoms with Crippen LogP contribution in [0.2, 0.25) is 0 Å². The van der Waals surface area contributed by atoms with E-state index in [4.69, 9.17) is 0 Å². The van der Waals surface area contributed by atoms with Crippen LogP contribution in [0.5, 0.6) is 0 Å². The number of fused-ring (bicyclic) bond motifs is 2. The van der Waals surface area contributed by atoms with E-state index >= 15 is 0 Å². The summed E-state index contributed by atoms with van der Waals surface area (Å²) in [4.78, 5) is 15.5. The molecule has 0 atom stereocenters. The quantitative estimate of drug-likeness (QED) is 0.557. The van der Waals surface area contributed by atoms with E-state index in [-0.39, 0.29) is 0 Å². The number of H-pyrrole nitrogens is 2. The van der Waals surface area contributed by atoms with Crippen molar-refractivity contribution in [2.24, 2.45) is 0 Å². The first kappa shape index (κ1) is 7.79. The van der Waals surface area contributed by atoms with Crippen molar-refractivity contribution in [1.82, 2.24) is 19.9 Å². The Balaban J connectivity index is 2.10. The molecule has 1 aliphatic rings. The zero-order valence-corrected chi connectivity index (χ0v) is 8.31. The largest absolute Gasteiger partial charge is 0.346 e. The van der Waals surface area contributed by atoms with E-state index in [9.17, 15) is 0 Å². The van der Waals surface area contributed by atoms with E-state index < -0.39 is 0 Å². The molecule has 2 N–H and O–H groups in total.